The molecule has 8 heteroatoms. The van der Waals surface area contributed by atoms with Crippen LogP contribution in [0.1, 0.15) is 35.2 Å². The van der Waals surface area contributed by atoms with E-state index in [1.807, 2.05) is 19.2 Å². The van der Waals surface area contributed by atoms with Gasteiger partial charge in [-0.15, -0.1) is 22.7 Å². The number of nitrogens with one attached hydrogen (secondary N) is 1. The lowest BCUT2D eigenvalue weighted by Gasteiger charge is -2.04. The van der Waals surface area contributed by atoms with E-state index >= 15 is 0 Å². The maximum Gasteiger partial charge on any atom is 0.264 e. The summed E-state index contributed by atoms with van der Waals surface area (Å²) in [6.07, 6.45) is 0. The molecule has 0 aliphatic rings. The van der Waals surface area contributed by atoms with Crippen LogP contribution < -0.4 is 4.72 Å². The number of sulfonamides is 1. The summed E-state index contributed by atoms with van der Waals surface area (Å²) in [5.74, 6) is 0.258. The van der Waals surface area contributed by atoms with Crippen molar-refractivity contribution in [3.8, 4) is 0 Å². The van der Waals surface area contributed by atoms with E-state index in [1.54, 1.807) is 6.92 Å². The van der Waals surface area contributed by atoms with Crippen LogP contribution in [0.25, 0.3) is 0 Å². The van der Waals surface area contributed by atoms with Gasteiger partial charge in [0.1, 0.15) is 4.90 Å². The van der Waals surface area contributed by atoms with Crippen LogP contribution in [0.15, 0.2) is 16.3 Å². The van der Waals surface area contributed by atoms with Gasteiger partial charge in [-0.2, -0.15) is 0 Å². The predicted molar refractivity (Wildman–Crippen MR) is 82.0 cm³/mol. The molecule has 2 aromatic rings. The molecule has 0 spiro atoms. The quantitative estimate of drug-likeness (QED) is 0.882. The number of anilines is 1. The standard InChI is InChI=1S/C12H16N2O3S3/c1-7(2)10-6-18-12(13-10)14-20(16,17)11-4-9(5-15)19-8(11)3/h4,6-7,15H,5H2,1-3H3,(H,13,14). The Morgan fingerprint density at radius 1 is 1.45 bits per heavy atom. The van der Waals surface area contributed by atoms with E-state index in [0.29, 0.717) is 14.9 Å². The normalized spacial score (nSPS) is 12.1. The third-order valence-electron chi connectivity index (χ3n) is 2.70. The largest absolute Gasteiger partial charge is 0.391 e. The van der Waals surface area contributed by atoms with E-state index in [9.17, 15) is 8.42 Å². The highest BCUT2D eigenvalue weighted by Crippen LogP contribution is 2.29. The second kappa shape index (κ2) is 5.80. The molecule has 5 nitrogen and oxygen atoms in total. The summed E-state index contributed by atoms with van der Waals surface area (Å²) in [7, 11) is -3.65. The van der Waals surface area contributed by atoms with E-state index in [0.717, 1.165) is 5.69 Å². The SMILES string of the molecule is Cc1sc(CO)cc1S(=O)(=O)Nc1nc(C(C)C)cs1. The average molecular weight is 332 g/mol. The number of rotatable bonds is 5. The number of thiazole rings is 1. The van der Waals surface area contributed by atoms with Gasteiger partial charge in [0, 0.05) is 15.1 Å². The first kappa shape index (κ1) is 15.4. The van der Waals surface area contributed by atoms with Crippen molar-refractivity contribution in [1.29, 1.82) is 0 Å². The lowest BCUT2D eigenvalue weighted by molar-refractivity contribution is 0.285. The molecule has 0 atom stereocenters. The third-order valence-corrected chi connectivity index (χ3v) is 6.24. The van der Waals surface area contributed by atoms with Crippen molar-refractivity contribution in [2.24, 2.45) is 0 Å². The van der Waals surface area contributed by atoms with Crippen molar-refractivity contribution in [2.45, 2.75) is 38.2 Å². The number of aliphatic hydroxyl groups excluding tert-OH is 1. The molecule has 2 rings (SSSR count). The van der Waals surface area contributed by atoms with Crippen molar-refractivity contribution in [3.63, 3.8) is 0 Å². The van der Waals surface area contributed by atoms with Gasteiger partial charge in [-0.25, -0.2) is 13.4 Å². The fourth-order valence-corrected chi connectivity index (χ4v) is 5.26. The Labute approximate surface area is 126 Å². The van der Waals surface area contributed by atoms with Crippen LogP contribution >= 0.6 is 22.7 Å². The van der Waals surface area contributed by atoms with Crippen LogP contribution in [0.4, 0.5) is 5.13 Å². The van der Waals surface area contributed by atoms with Crippen molar-refractivity contribution in [1.82, 2.24) is 4.98 Å². The smallest absolute Gasteiger partial charge is 0.264 e. The van der Waals surface area contributed by atoms with Crippen LogP contribution in [0.3, 0.4) is 0 Å². The monoisotopic (exact) mass is 332 g/mol. The summed E-state index contributed by atoms with van der Waals surface area (Å²) in [5, 5.41) is 11.3. The average Bonchev–Trinajstić information content (AvgIpc) is 2.95. The first-order valence-corrected chi connectivity index (χ1v) is 9.20. The number of aryl methyl sites for hydroxylation is 1. The van der Waals surface area contributed by atoms with E-state index in [1.165, 1.54) is 28.7 Å². The molecule has 2 aromatic heterocycles. The molecule has 0 aliphatic carbocycles. The lowest BCUT2D eigenvalue weighted by Crippen LogP contribution is -2.13. The van der Waals surface area contributed by atoms with E-state index < -0.39 is 10.0 Å². The van der Waals surface area contributed by atoms with Crippen molar-refractivity contribution < 1.29 is 13.5 Å². The van der Waals surface area contributed by atoms with Crippen molar-refractivity contribution in [2.75, 3.05) is 4.72 Å². The van der Waals surface area contributed by atoms with Gasteiger partial charge in [0.2, 0.25) is 0 Å². The predicted octanol–water partition coefficient (Wildman–Crippen LogP) is 2.93. The molecule has 0 bridgehead atoms. The van der Waals surface area contributed by atoms with Crippen LogP contribution in [-0.2, 0) is 16.6 Å². The zero-order chi connectivity index (χ0) is 14.9. The molecule has 20 heavy (non-hydrogen) atoms. The van der Waals surface area contributed by atoms with Crippen LogP contribution in [-0.4, -0.2) is 18.5 Å². The summed E-state index contributed by atoms with van der Waals surface area (Å²) in [6.45, 7) is 5.57. The molecule has 0 aromatic carbocycles. The summed E-state index contributed by atoms with van der Waals surface area (Å²) >= 11 is 2.55. The molecule has 2 N–H and O–H groups in total. The summed E-state index contributed by atoms with van der Waals surface area (Å²) in [5.41, 5.74) is 0.866. The van der Waals surface area contributed by atoms with E-state index in [-0.39, 0.29) is 17.4 Å². The minimum Gasteiger partial charge on any atom is -0.391 e. The van der Waals surface area contributed by atoms with Crippen molar-refractivity contribution >= 4 is 37.8 Å². The highest BCUT2D eigenvalue weighted by molar-refractivity contribution is 7.93. The Morgan fingerprint density at radius 3 is 2.65 bits per heavy atom. The molecule has 0 amide bonds. The summed E-state index contributed by atoms with van der Waals surface area (Å²) in [6, 6.07) is 1.50. The van der Waals surface area contributed by atoms with Gasteiger partial charge in [0.25, 0.3) is 10.0 Å². The lowest BCUT2D eigenvalue weighted by atomic mass is 10.2. The van der Waals surface area contributed by atoms with Crippen LogP contribution in [0.2, 0.25) is 0 Å². The van der Waals surface area contributed by atoms with Crippen LogP contribution in [0.5, 0.6) is 0 Å². The Balaban J connectivity index is 2.28. The number of nitrogens with zero attached hydrogens (tertiary/aromatic N) is 1. The molecule has 2 heterocycles. The van der Waals surface area contributed by atoms with Gasteiger partial charge in [0.05, 0.1) is 12.3 Å². The number of thiophene rings is 1. The Morgan fingerprint density at radius 2 is 2.15 bits per heavy atom. The highest BCUT2D eigenvalue weighted by atomic mass is 32.2. The minimum absolute atomic E-state index is 0.157. The second-order valence-electron chi connectivity index (χ2n) is 4.63. The fraction of sp³-hybridized carbons (Fsp3) is 0.417. The molecule has 0 radical (unpaired) electrons. The number of aromatic nitrogens is 1. The van der Waals surface area contributed by atoms with Gasteiger partial charge in [-0.3, -0.25) is 4.72 Å². The van der Waals surface area contributed by atoms with Crippen LogP contribution in [0, 0.1) is 6.92 Å². The number of aliphatic hydroxyl groups is 1. The third kappa shape index (κ3) is 3.20. The molecule has 110 valence electrons. The zero-order valence-corrected chi connectivity index (χ0v) is 13.8. The molecular weight excluding hydrogens is 316 g/mol. The number of hydrogen-bond donors (Lipinski definition) is 2. The first-order chi connectivity index (χ1) is 9.33. The van der Waals surface area contributed by atoms with Crippen molar-refractivity contribution in [3.05, 3.63) is 26.9 Å². The summed E-state index contributed by atoms with van der Waals surface area (Å²) in [4.78, 5) is 5.75. The maximum absolute atomic E-state index is 12.3. The van der Waals surface area contributed by atoms with Gasteiger partial charge < -0.3 is 5.11 Å². The maximum atomic E-state index is 12.3. The molecule has 0 aliphatic heterocycles. The fourth-order valence-electron chi connectivity index (χ4n) is 1.64. The second-order valence-corrected chi connectivity index (χ2v) is 8.48. The first-order valence-electron chi connectivity index (χ1n) is 6.02. The molecular formula is C12H16N2O3S3. The number of hydrogen-bond acceptors (Lipinski definition) is 6. The topological polar surface area (TPSA) is 79.3 Å². The minimum atomic E-state index is -3.65. The zero-order valence-electron chi connectivity index (χ0n) is 11.4. The Hall–Kier alpha value is -0.960. The highest BCUT2D eigenvalue weighted by Gasteiger charge is 2.21. The van der Waals surface area contributed by atoms with Gasteiger partial charge in [-0.05, 0) is 18.9 Å². The molecule has 0 unspecified atom stereocenters. The van der Waals surface area contributed by atoms with Gasteiger partial charge in [0.15, 0.2) is 5.13 Å². The van der Waals surface area contributed by atoms with Gasteiger partial charge >= 0.3 is 0 Å². The molecule has 0 saturated heterocycles. The van der Waals surface area contributed by atoms with Gasteiger partial charge in [-0.1, -0.05) is 13.8 Å². The Bertz CT molecular complexity index is 701. The molecule has 0 saturated carbocycles. The molecule has 0 fully saturated rings. The Kier molecular flexibility index (Phi) is 4.48. The summed E-state index contributed by atoms with van der Waals surface area (Å²) < 4.78 is 27.1. The van der Waals surface area contributed by atoms with E-state index in [2.05, 4.69) is 9.71 Å². The van der Waals surface area contributed by atoms with E-state index in [4.69, 9.17) is 5.11 Å².